The van der Waals surface area contributed by atoms with E-state index in [0.717, 1.165) is 12.8 Å². The van der Waals surface area contributed by atoms with Gasteiger partial charge < -0.3 is 14.8 Å². The number of methoxy groups -OCH3 is 1. The number of carbonyl (C=O) groups is 1. The van der Waals surface area contributed by atoms with E-state index in [4.69, 9.17) is 9.47 Å². The highest BCUT2D eigenvalue weighted by Crippen LogP contribution is 2.20. The zero-order valence-corrected chi connectivity index (χ0v) is 18.6. The van der Waals surface area contributed by atoms with Gasteiger partial charge in [-0.25, -0.2) is 8.42 Å². The molecule has 1 amide bonds. The van der Waals surface area contributed by atoms with Gasteiger partial charge in [0.15, 0.2) is 0 Å². The van der Waals surface area contributed by atoms with Gasteiger partial charge in [0.05, 0.1) is 11.5 Å². The largest absolute Gasteiger partial charge is 0.491 e. The zero-order valence-electron chi connectivity index (χ0n) is 17.8. The first-order chi connectivity index (χ1) is 14.4. The van der Waals surface area contributed by atoms with Crippen molar-refractivity contribution in [3.63, 3.8) is 0 Å². The second-order valence-electron chi connectivity index (χ2n) is 6.75. The molecule has 0 heterocycles. The molecule has 0 saturated heterocycles. The summed E-state index contributed by atoms with van der Waals surface area (Å²) in [4.78, 5) is 12.7. The first-order valence-electron chi connectivity index (χ1n) is 10.1. The molecular formula is C22H30N2O5S. The van der Waals surface area contributed by atoms with Crippen molar-refractivity contribution in [1.29, 1.82) is 0 Å². The molecule has 7 nitrogen and oxygen atoms in total. The molecule has 30 heavy (non-hydrogen) atoms. The summed E-state index contributed by atoms with van der Waals surface area (Å²) in [6.07, 6.45) is 1.51. The molecule has 1 N–H and O–H groups in total. The number of amides is 1. The van der Waals surface area contributed by atoms with Crippen LogP contribution in [-0.2, 0) is 14.8 Å². The van der Waals surface area contributed by atoms with Crippen LogP contribution in [0.5, 0.6) is 5.75 Å². The Hall–Kier alpha value is -2.42. The Morgan fingerprint density at radius 2 is 1.53 bits per heavy atom. The van der Waals surface area contributed by atoms with Crippen molar-refractivity contribution in [2.45, 2.75) is 31.6 Å². The molecule has 0 bridgehead atoms. The number of nitrogens with zero attached hydrogens (tertiary/aromatic N) is 1. The zero-order chi connectivity index (χ0) is 22.0. The third-order valence-electron chi connectivity index (χ3n) is 4.37. The molecule has 0 atom stereocenters. The molecular weight excluding hydrogens is 404 g/mol. The summed E-state index contributed by atoms with van der Waals surface area (Å²) in [5.41, 5.74) is 1.000. The maximum Gasteiger partial charge on any atom is 0.255 e. The van der Waals surface area contributed by atoms with E-state index in [1.54, 1.807) is 43.5 Å². The number of ether oxygens (including phenoxy) is 2. The van der Waals surface area contributed by atoms with E-state index in [0.29, 0.717) is 43.3 Å². The number of carbonyl (C=O) groups excluding carboxylic acids is 1. The van der Waals surface area contributed by atoms with Gasteiger partial charge in [-0.3, -0.25) is 4.79 Å². The molecule has 0 radical (unpaired) electrons. The highest BCUT2D eigenvalue weighted by Gasteiger charge is 2.22. The van der Waals surface area contributed by atoms with E-state index < -0.39 is 10.0 Å². The minimum atomic E-state index is -3.54. The highest BCUT2D eigenvalue weighted by atomic mass is 32.2. The monoisotopic (exact) mass is 434 g/mol. The van der Waals surface area contributed by atoms with E-state index in [9.17, 15) is 13.2 Å². The Kier molecular flexibility index (Phi) is 9.29. The minimum absolute atomic E-state index is 0.222. The van der Waals surface area contributed by atoms with Crippen molar-refractivity contribution in [1.82, 2.24) is 4.31 Å². The molecule has 2 aromatic rings. The standard InChI is InChI=1S/C22H30N2O5S/c1-4-14-24(15-5-2)30(26,27)21-12-8-19(9-13-21)23-22(25)18-6-10-20(11-7-18)29-17-16-28-3/h6-13H,4-5,14-17H2,1-3H3,(H,23,25). The van der Waals surface area contributed by atoms with E-state index in [-0.39, 0.29) is 10.8 Å². The molecule has 2 aromatic carbocycles. The summed E-state index contributed by atoms with van der Waals surface area (Å²) in [5, 5.41) is 2.78. The first-order valence-corrected chi connectivity index (χ1v) is 11.5. The molecule has 0 saturated carbocycles. The molecule has 0 aliphatic carbocycles. The van der Waals surface area contributed by atoms with Gasteiger partial charge in [-0.2, -0.15) is 4.31 Å². The molecule has 0 aliphatic rings. The van der Waals surface area contributed by atoms with E-state index in [1.165, 1.54) is 16.4 Å². The van der Waals surface area contributed by atoms with Crippen molar-refractivity contribution in [3.05, 3.63) is 54.1 Å². The lowest BCUT2D eigenvalue weighted by atomic mass is 10.2. The molecule has 0 aliphatic heterocycles. The van der Waals surface area contributed by atoms with Crippen LogP contribution in [0.2, 0.25) is 0 Å². The molecule has 0 aromatic heterocycles. The summed E-state index contributed by atoms with van der Waals surface area (Å²) in [5.74, 6) is 0.370. The predicted molar refractivity (Wildman–Crippen MR) is 118 cm³/mol. The van der Waals surface area contributed by atoms with Crippen molar-refractivity contribution < 1.29 is 22.7 Å². The molecule has 8 heteroatoms. The molecule has 0 fully saturated rings. The number of nitrogens with one attached hydrogen (secondary N) is 1. The van der Waals surface area contributed by atoms with Gasteiger partial charge >= 0.3 is 0 Å². The second-order valence-corrected chi connectivity index (χ2v) is 8.69. The van der Waals surface area contributed by atoms with Crippen LogP contribution in [-0.4, -0.2) is 52.0 Å². The smallest absolute Gasteiger partial charge is 0.255 e. The van der Waals surface area contributed by atoms with Crippen LogP contribution in [0.15, 0.2) is 53.4 Å². The highest BCUT2D eigenvalue weighted by molar-refractivity contribution is 7.89. The Morgan fingerprint density at radius 3 is 2.07 bits per heavy atom. The Balaban J connectivity index is 2.03. The molecule has 0 unspecified atom stereocenters. The average Bonchev–Trinajstić information content (AvgIpc) is 2.74. The third kappa shape index (κ3) is 6.55. The SMILES string of the molecule is CCCN(CCC)S(=O)(=O)c1ccc(NC(=O)c2ccc(OCCOC)cc2)cc1. The van der Waals surface area contributed by atoms with E-state index in [2.05, 4.69) is 5.32 Å². The van der Waals surface area contributed by atoms with Gasteiger partial charge in [0.25, 0.3) is 5.91 Å². The van der Waals surface area contributed by atoms with Gasteiger partial charge in [-0.1, -0.05) is 13.8 Å². The van der Waals surface area contributed by atoms with Gasteiger partial charge in [0, 0.05) is 31.5 Å². The van der Waals surface area contributed by atoms with Crippen molar-refractivity contribution in [3.8, 4) is 5.75 Å². The summed E-state index contributed by atoms with van der Waals surface area (Å²) in [6, 6.07) is 13.0. The number of benzene rings is 2. The maximum atomic E-state index is 12.8. The number of sulfonamides is 1. The third-order valence-corrected chi connectivity index (χ3v) is 6.28. The number of anilines is 1. The van der Waals surface area contributed by atoms with E-state index in [1.807, 2.05) is 13.8 Å². The number of rotatable bonds is 12. The molecule has 164 valence electrons. The fourth-order valence-corrected chi connectivity index (χ4v) is 4.48. The van der Waals surface area contributed by atoms with Crippen LogP contribution in [0, 0.1) is 0 Å². The summed E-state index contributed by atoms with van der Waals surface area (Å²) >= 11 is 0. The van der Waals surface area contributed by atoms with Crippen LogP contribution in [0.4, 0.5) is 5.69 Å². The molecule has 0 spiro atoms. The van der Waals surface area contributed by atoms with Crippen LogP contribution in [0.3, 0.4) is 0 Å². The lowest BCUT2D eigenvalue weighted by molar-refractivity contribution is 0.102. The van der Waals surface area contributed by atoms with Crippen LogP contribution < -0.4 is 10.1 Å². The average molecular weight is 435 g/mol. The number of hydrogen-bond acceptors (Lipinski definition) is 5. The van der Waals surface area contributed by atoms with Crippen molar-refractivity contribution in [2.24, 2.45) is 0 Å². The summed E-state index contributed by atoms with van der Waals surface area (Å²) in [7, 11) is -1.94. The normalized spacial score (nSPS) is 11.5. The Morgan fingerprint density at radius 1 is 0.933 bits per heavy atom. The van der Waals surface area contributed by atoms with Gasteiger partial charge in [0.2, 0.25) is 10.0 Å². The predicted octanol–water partition coefficient (Wildman–Crippen LogP) is 3.77. The topological polar surface area (TPSA) is 84.9 Å². The Labute approximate surface area is 179 Å². The molecule has 2 rings (SSSR count). The number of hydrogen-bond donors (Lipinski definition) is 1. The van der Waals surface area contributed by atoms with Crippen molar-refractivity contribution in [2.75, 3.05) is 38.7 Å². The summed E-state index contributed by atoms with van der Waals surface area (Å²) < 4.78 is 37.5. The lowest BCUT2D eigenvalue weighted by Crippen LogP contribution is -2.32. The van der Waals surface area contributed by atoms with Gasteiger partial charge in [-0.05, 0) is 61.4 Å². The van der Waals surface area contributed by atoms with Crippen molar-refractivity contribution >= 4 is 21.6 Å². The van der Waals surface area contributed by atoms with Crippen LogP contribution in [0.1, 0.15) is 37.0 Å². The quantitative estimate of drug-likeness (QED) is 0.514. The fourth-order valence-electron chi connectivity index (χ4n) is 2.86. The first kappa shape index (κ1) is 23.9. The Bertz CT molecular complexity index is 890. The van der Waals surface area contributed by atoms with Gasteiger partial charge in [-0.15, -0.1) is 0 Å². The lowest BCUT2D eigenvalue weighted by Gasteiger charge is -2.21. The minimum Gasteiger partial charge on any atom is -0.491 e. The maximum absolute atomic E-state index is 12.8. The van der Waals surface area contributed by atoms with E-state index >= 15 is 0 Å². The fraction of sp³-hybridized carbons (Fsp3) is 0.409. The van der Waals surface area contributed by atoms with Crippen LogP contribution >= 0.6 is 0 Å². The summed E-state index contributed by atoms with van der Waals surface area (Å²) in [6.45, 7) is 5.80. The van der Waals surface area contributed by atoms with Gasteiger partial charge in [0.1, 0.15) is 12.4 Å². The second kappa shape index (κ2) is 11.7. The van der Waals surface area contributed by atoms with Crippen LogP contribution in [0.25, 0.3) is 0 Å².